The fraction of sp³-hybridized carbons (Fsp3) is 0.235. The van der Waals surface area contributed by atoms with Crippen LogP contribution in [0, 0.1) is 5.82 Å². The molecule has 23 heavy (non-hydrogen) atoms. The number of amides is 1. The number of benzene rings is 2. The van der Waals surface area contributed by atoms with Gasteiger partial charge in [-0.1, -0.05) is 11.6 Å². The average molecular weight is 338 g/mol. The number of hydrogen-bond acceptors (Lipinski definition) is 3. The molecule has 122 valence electrons. The molecule has 0 fully saturated rings. The smallest absolute Gasteiger partial charge is 0.251 e. The fourth-order valence-corrected chi connectivity index (χ4v) is 2.32. The molecule has 1 N–H and O–H groups in total. The first kappa shape index (κ1) is 17.1. The Labute approximate surface area is 139 Å². The maximum Gasteiger partial charge on any atom is 0.251 e. The number of methoxy groups -OCH3 is 2. The molecule has 0 aliphatic rings. The molecule has 2 aromatic rings. The van der Waals surface area contributed by atoms with E-state index < -0.39 is 0 Å². The van der Waals surface area contributed by atoms with E-state index >= 15 is 0 Å². The highest BCUT2D eigenvalue weighted by Gasteiger charge is 2.11. The molecule has 0 aliphatic heterocycles. The van der Waals surface area contributed by atoms with E-state index in [1.165, 1.54) is 26.4 Å². The van der Waals surface area contributed by atoms with Gasteiger partial charge in [-0.2, -0.15) is 0 Å². The predicted octanol–water partition coefficient (Wildman–Crippen LogP) is 3.47. The lowest BCUT2D eigenvalue weighted by Crippen LogP contribution is -2.25. The van der Waals surface area contributed by atoms with E-state index in [9.17, 15) is 9.18 Å². The number of carbonyl (C=O) groups excluding carboxylic acids is 1. The van der Waals surface area contributed by atoms with E-state index in [4.69, 9.17) is 21.1 Å². The largest absolute Gasteiger partial charge is 0.493 e. The maximum absolute atomic E-state index is 13.6. The van der Waals surface area contributed by atoms with Gasteiger partial charge in [0.05, 0.1) is 14.2 Å². The third kappa shape index (κ3) is 4.36. The Hall–Kier alpha value is -2.27. The van der Waals surface area contributed by atoms with E-state index in [0.29, 0.717) is 40.6 Å². The molecule has 2 rings (SSSR count). The topological polar surface area (TPSA) is 47.6 Å². The van der Waals surface area contributed by atoms with Gasteiger partial charge in [0, 0.05) is 17.1 Å². The van der Waals surface area contributed by atoms with Crippen LogP contribution in [0.15, 0.2) is 36.4 Å². The Balaban J connectivity index is 1.98. The van der Waals surface area contributed by atoms with Crippen molar-refractivity contribution < 1.29 is 18.7 Å². The van der Waals surface area contributed by atoms with Crippen molar-refractivity contribution in [3.05, 3.63) is 58.4 Å². The molecule has 0 unspecified atom stereocenters. The quantitative estimate of drug-likeness (QED) is 0.878. The number of carbonyl (C=O) groups is 1. The molecule has 0 saturated carbocycles. The molecule has 0 aromatic heterocycles. The molecule has 0 spiro atoms. The summed E-state index contributed by atoms with van der Waals surface area (Å²) in [6.45, 7) is 0.296. The van der Waals surface area contributed by atoms with Gasteiger partial charge in [-0.15, -0.1) is 0 Å². The van der Waals surface area contributed by atoms with Crippen LogP contribution in [0.2, 0.25) is 5.02 Å². The second-order valence-corrected chi connectivity index (χ2v) is 5.25. The van der Waals surface area contributed by atoms with Crippen molar-refractivity contribution in [2.75, 3.05) is 20.8 Å². The summed E-state index contributed by atoms with van der Waals surface area (Å²) >= 11 is 5.84. The monoisotopic (exact) mass is 337 g/mol. The third-order valence-electron chi connectivity index (χ3n) is 3.33. The summed E-state index contributed by atoms with van der Waals surface area (Å²) in [6.07, 6.45) is 0.353. The molecular weight excluding hydrogens is 321 g/mol. The van der Waals surface area contributed by atoms with Crippen LogP contribution in [-0.2, 0) is 6.42 Å². The van der Waals surface area contributed by atoms with Gasteiger partial charge in [0.2, 0.25) is 0 Å². The fourth-order valence-electron chi connectivity index (χ4n) is 2.13. The summed E-state index contributed by atoms with van der Waals surface area (Å²) < 4.78 is 23.9. The van der Waals surface area contributed by atoms with Crippen molar-refractivity contribution in [3.63, 3.8) is 0 Å². The Bertz CT molecular complexity index is 706. The number of hydrogen-bond donors (Lipinski definition) is 1. The number of nitrogens with one attached hydrogen (secondary N) is 1. The van der Waals surface area contributed by atoms with Crippen LogP contribution in [-0.4, -0.2) is 26.7 Å². The van der Waals surface area contributed by atoms with Crippen molar-refractivity contribution in [2.45, 2.75) is 6.42 Å². The van der Waals surface area contributed by atoms with Gasteiger partial charge in [-0.05, 0) is 48.4 Å². The minimum atomic E-state index is -0.338. The summed E-state index contributed by atoms with van der Waals surface area (Å²) in [6, 6.07) is 9.24. The van der Waals surface area contributed by atoms with E-state index in [1.807, 2.05) is 0 Å². The zero-order valence-electron chi connectivity index (χ0n) is 12.9. The minimum absolute atomic E-state index is 0.270. The highest BCUT2D eigenvalue weighted by atomic mass is 35.5. The molecule has 0 saturated heterocycles. The summed E-state index contributed by atoms with van der Waals surface area (Å²) in [4.78, 5) is 12.1. The van der Waals surface area contributed by atoms with Crippen molar-refractivity contribution in [1.29, 1.82) is 0 Å². The van der Waals surface area contributed by atoms with Gasteiger partial charge in [-0.25, -0.2) is 4.39 Å². The van der Waals surface area contributed by atoms with Gasteiger partial charge in [-0.3, -0.25) is 4.79 Å². The Morgan fingerprint density at radius 1 is 1.13 bits per heavy atom. The molecule has 0 bridgehead atoms. The first-order valence-electron chi connectivity index (χ1n) is 6.99. The molecule has 4 nitrogen and oxygen atoms in total. The molecule has 2 aromatic carbocycles. The van der Waals surface area contributed by atoms with Crippen LogP contribution < -0.4 is 14.8 Å². The molecule has 0 atom stereocenters. The van der Waals surface area contributed by atoms with Gasteiger partial charge < -0.3 is 14.8 Å². The molecule has 0 radical (unpaired) electrons. The zero-order valence-corrected chi connectivity index (χ0v) is 13.6. The summed E-state index contributed by atoms with van der Waals surface area (Å²) in [5.41, 5.74) is 0.902. The SMILES string of the molecule is COc1ccc(C(=O)NCCc2cc(Cl)ccc2F)cc1OC. The van der Waals surface area contributed by atoms with Gasteiger partial charge in [0.15, 0.2) is 11.5 Å². The highest BCUT2D eigenvalue weighted by molar-refractivity contribution is 6.30. The van der Waals surface area contributed by atoms with Crippen LogP contribution in [0.5, 0.6) is 11.5 Å². The molecule has 0 aliphatic carbocycles. The lowest BCUT2D eigenvalue weighted by atomic mass is 10.1. The molecule has 0 heterocycles. The van der Waals surface area contributed by atoms with Crippen LogP contribution in [0.4, 0.5) is 4.39 Å². The van der Waals surface area contributed by atoms with Crippen LogP contribution >= 0.6 is 11.6 Å². The van der Waals surface area contributed by atoms with Crippen LogP contribution in [0.1, 0.15) is 15.9 Å². The van der Waals surface area contributed by atoms with Crippen molar-refractivity contribution >= 4 is 17.5 Å². The van der Waals surface area contributed by atoms with E-state index in [0.717, 1.165) is 0 Å². The lowest BCUT2D eigenvalue weighted by Gasteiger charge is -2.10. The number of halogens is 2. The van der Waals surface area contributed by atoms with Crippen molar-refractivity contribution in [2.24, 2.45) is 0 Å². The standard InChI is InChI=1S/C17H17ClFNO3/c1-22-15-6-3-12(10-16(15)23-2)17(21)20-8-7-11-9-13(18)4-5-14(11)19/h3-6,9-10H,7-8H2,1-2H3,(H,20,21). The third-order valence-corrected chi connectivity index (χ3v) is 3.57. The molecular formula is C17H17ClFNO3. The normalized spacial score (nSPS) is 10.3. The van der Waals surface area contributed by atoms with Gasteiger partial charge in [0.25, 0.3) is 5.91 Å². The first-order valence-corrected chi connectivity index (χ1v) is 7.37. The number of rotatable bonds is 6. The summed E-state index contributed by atoms with van der Waals surface area (Å²) in [5, 5.41) is 3.20. The van der Waals surface area contributed by atoms with Gasteiger partial charge >= 0.3 is 0 Å². The molecule has 1 amide bonds. The Kier molecular flexibility index (Phi) is 5.82. The maximum atomic E-state index is 13.6. The Morgan fingerprint density at radius 3 is 2.57 bits per heavy atom. The van der Waals surface area contributed by atoms with Crippen molar-refractivity contribution in [1.82, 2.24) is 5.32 Å². The highest BCUT2D eigenvalue weighted by Crippen LogP contribution is 2.27. The van der Waals surface area contributed by atoms with Crippen LogP contribution in [0.25, 0.3) is 0 Å². The number of ether oxygens (including phenoxy) is 2. The van der Waals surface area contributed by atoms with E-state index in [2.05, 4.69) is 5.32 Å². The molecule has 6 heteroatoms. The Morgan fingerprint density at radius 2 is 1.87 bits per heavy atom. The van der Waals surface area contributed by atoms with E-state index in [1.54, 1.807) is 24.3 Å². The van der Waals surface area contributed by atoms with Gasteiger partial charge in [0.1, 0.15) is 5.82 Å². The van der Waals surface area contributed by atoms with Crippen LogP contribution in [0.3, 0.4) is 0 Å². The van der Waals surface area contributed by atoms with Crippen molar-refractivity contribution in [3.8, 4) is 11.5 Å². The predicted molar refractivity (Wildman–Crippen MR) is 87.0 cm³/mol. The zero-order chi connectivity index (χ0) is 16.8. The first-order chi connectivity index (χ1) is 11.0. The second-order valence-electron chi connectivity index (χ2n) is 4.81. The lowest BCUT2D eigenvalue weighted by molar-refractivity contribution is 0.0953. The summed E-state index contributed by atoms with van der Waals surface area (Å²) in [7, 11) is 3.03. The average Bonchev–Trinajstić information content (AvgIpc) is 2.57. The second kappa shape index (κ2) is 7.83. The summed E-state index contributed by atoms with van der Waals surface area (Å²) in [5.74, 6) is 0.411. The van der Waals surface area contributed by atoms with E-state index in [-0.39, 0.29) is 11.7 Å². The minimum Gasteiger partial charge on any atom is -0.493 e.